The van der Waals surface area contributed by atoms with Crippen LogP contribution in [0, 0.1) is 5.41 Å². The van der Waals surface area contributed by atoms with E-state index in [-0.39, 0.29) is 0 Å². The molecule has 0 saturated heterocycles. The average molecular weight is 263 g/mol. The molecule has 2 rings (SSSR count). The molecule has 0 amide bonds. The Morgan fingerprint density at radius 2 is 1.79 bits per heavy atom. The van der Waals surface area contributed by atoms with Gasteiger partial charge in [0.15, 0.2) is 0 Å². The fraction of sp³-hybridized carbons (Fsp3) is 0.625. The van der Waals surface area contributed by atoms with E-state index in [0.717, 1.165) is 17.2 Å². The molecular weight excluding hydrogens is 238 g/mol. The van der Waals surface area contributed by atoms with Gasteiger partial charge in [0.05, 0.1) is 19.9 Å². The molecule has 3 nitrogen and oxygen atoms in total. The Morgan fingerprint density at radius 1 is 1.11 bits per heavy atom. The lowest BCUT2D eigenvalue weighted by Crippen LogP contribution is -2.29. The summed E-state index contributed by atoms with van der Waals surface area (Å²) in [6, 6.07) is 6.49. The van der Waals surface area contributed by atoms with Gasteiger partial charge in [0.2, 0.25) is 0 Å². The van der Waals surface area contributed by atoms with E-state index in [1.54, 1.807) is 14.2 Å². The van der Waals surface area contributed by atoms with E-state index in [1.165, 1.54) is 25.7 Å². The highest BCUT2D eigenvalue weighted by Gasteiger charge is 2.27. The van der Waals surface area contributed by atoms with E-state index < -0.39 is 0 Å². The third-order valence-electron chi connectivity index (χ3n) is 4.11. The Labute approximate surface area is 116 Å². The molecule has 1 N–H and O–H groups in total. The second kappa shape index (κ2) is 5.72. The van der Waals surface area contributed by atoms with Gasteiger partial charge in [0, 0.05) is 12.1 Å². The molecule has 0 bridgehead atoms. The maximum absolute atomic E-state index is 5.43. The fourth-order valence-corrected chi connectivity index (χ4v) is 2.68. The second-order valence-corrected chi connectivity index (χ2v) is 6.15. The van der Waals surface area contributed by atoms with Crippen LogP contribution < -0.4 is 14.8 Å². The normalized spacial score (nSPS) is 18.9. The minimum Gasteiger partial charge on any atom is -0.497 e. The summed E-state index contributed by atoms with van der Waals surface area (Å²) in [6.07, 6.45) is 5.01. The zero-order valence-corrected chi connectivity index (χ0v) is 12.5. The molecule has 3 heteroatoms. The molecule has 0 heterocycles. The summed E-state index contributed by atoms with van der Waals surface area (Å²) in [6.45, 7) is 4.72. The number of anilines is 1. The third-order valence-corrected chi connectivity index (χ3v) is 4.11. The number of benzene rings is 1. The van der Waals surface area contributed by atoms with Gasteiger partial charge in [-0.1, -0.05) is 13.8 Å². The number of hydrogen-bond acceptors (Lipinski definition) is 3. The molecule has 1 aromatic rings. The summed E-state index contributed by atoms with van der Waals surface area (Å²) < 4.78 is 10.6. The first-order valence-corrected chi connectivity index (χ1v) is 7.03. The average Bonchev–Trinajstić information content (AvgIpc) is 2.41. The summed E-state index contributed by atoms with van der Waals surface area (Å²) >= 11 is 0. The van der Waals surface area contributed by atoms with Gasteiger partial charge in [0.25, 0.3) is 0 Å². The van der Waals surface area contributed by atoms with Gasteiger partial charge in [-0.2, -0.15) is 0 Å². The van der Waals surface area contributed by atoms with Gasteiger partial charge in [-0.05, 0) is 43.2 Å². The number of nitrogens with one attached hydrogen (secondary N) is 1. The maximum Gasteiger partial charge on any atom is 0.145 e. The Morgan fingerprint density at radius 3 is 2.37 bits per heavy atom. The van der Waals surface area contributed by atoms with Gasteiger partial charge in [0.1, 0.15) is 11.5 Å². The SMILES string of the molecule is COc1ccc(NC2CCC(C)(C)CC2)c(OC)c1. The highest BCUT2D eigenvalue weighted by atomic mass is 16.5. The molecule has 0 aromatic heterocycles. The molecule has 1 fully saturated rings. The van der Waals surface area contributed by atoms with E-state index >= 15 is 0 Å². The number of hydrogen-bond donors (Lipinski definition) is 1. The first-order chi connectivity index (χ1) is 9.04. The van der Waals surface area contributed by atoms with Gasteiger partial charge in [-0.15, -0.1) is 0 Å². The van der Waals surface area contributed by atoms with Crippen LogP contribution in [-0.4, -0.2) is 20.3 Å². The van der Waals surface area contributed by atoms with Crippen molar-refractivity contribution in [3.05, 3.63) is 18.2 Å². The van der Waals surface area contributed by atoms with Gasteiger partial charge in [-0.25, -0.2) is 0 Å². The zero-order valence-electron chi connectivity index (χ0n) is 12.5. The molecule has 0 spiro atoms. The van der Waals surface area contributed by atoms with Crippen LogP contribution in [0.2, 0.25) is 0 Å². The van der Waals surface area contributed by atoms with Crippen LogP contribution in [0.25, 0.3) is 0 Å². The van der Waals surface area contributed by atoms with Crippen molar-refractivity contribution < 1.29 is 9.47 Å². The first-order valence-electron chi connectivity index (χ1n) is 7.03. The van der Waals surface area contributed by atoms with E-state index in [4.69, 9.17) is 9.47 Å². The molecule has 1 aromatic carbocycles. The smallest absolute Gasteiger partial charge is 0.145 e. The van der Waals surface area contributed by atoms with Crippen molar-refractivity contribution in [3.8, 4) is 11.5 Å². The molecule has 106 valence electrons. The van der Waals surface area contributed by atoms with E-state index in [0.29, 0.717) is 11.5 Å². The van der Waals surface area contributed by atoms with Crippen LogP contribution in [0.3, 0.4) is 0 Å². The molecule has 0 unspecified atom stereocenters. The Bertz CT molecular complexity index is 419. The summed E-state index contributed by atoms with van der Waals surface area (Å²) in [7, 11) is 3.37. The lowest BCUT2D eigenvalue weighted by atomic mass is 9.75. The van der Waals surface area contributed by atoms with Gasteiger partial charge < -0.3 is 14.8 Å². The quantitative estimate of drug-likeness (QED) is 0.887. The van der Waals surface area contributed by atoms with Crippen molar-refractivity contribution in [2.45, 2.75) is 45.6 Å². The monoisotopic (exact) mass is 263 g/mol. The minimum atomic E-state index is 0.502. The Balaban J connectivity index is 2.03. The van der Waals surface area contributed by atoms with Crippen LogP contribution in [0.15, 0.2) is 18.2 Å². The molecule has 1 aliphatic rings. The van der Waals surface area contributed by atoms with Crippen molar-refractivity contribution in [1.82, 2.24) is 0 Å². The largest absolute Gasteiger partial charge is 0.497 e. The van der Waals surface area contributed by atoms with Crippen molar-refractivity contribution in [3.63, 3.8) is 0 Å². The highest BCUT2D eigenvalue weighted by molar-refractivity contribution is 5.59. The second-order valence-electron chi connectivity index (χ2n) is 6.15. The molecule has 0 radical (unpaired) electrons. The molecular formula is C16H25NO2. The van der Waals surface area contributed by atoms with Crippen molar-refractivity contribution in [2.75, 3.05) is 19.5 Å². The van der Waals surface area contributed by atoms with Gasteiger partial charge in [-0.3, -0.25) is 0 Å². The summed E-state index contributed by atoms with van der Waals surface area (Å²) in [4.78, 5) is 0. The topological polar surface area (TPSA) is 30.5 Å². The Hall–Kier alpha value is -1.38. The van der Waals surface area contributed by atoms with Gasteiger partial charge >= 0.3 is 0 Å². The molecule has 19 heavy (non-hydrogen) atoms. The lowest BCUT2D eigenvalue weighted by Gasteiger charge is -2.35. The summed E-state index contributed by atoms with van der Waals surface area (Å²) in [5.41, 5.74) is 1.57. The van der Waals surface area contributed by atoms with Crippen LogP contribution in [0.5, 0.6) is 11.5 Å². The first kappa shape index (κ1) is 14.0. The number of methoxy groups -OCH3 is 2. The third kappa shape index (κ3) is 3.55. The predicted molar refractivity (Wildman–Crippen MR) is 79.2 cm³/mol. The molecule has 0 aliphatic heterocycles. The highest BCUT2D eigenvalue weighted by Crippen LogP contribution is 2.37. The van der Waals surface area contributed by atoms with Crippen molar-refractivity contribution in [1.29, 1.82) is 0 Å². The lowest BCUT2D eigenvalue weighted by molar-refractivity contribution is 0.232. The Kier molecular flexibility index (Phi) is 4.23. The van der Waals surface area contributed by atoms with E-state index in [2.05, 4.69) is 19.2 Å². The number of ether oxygens (including phenoxy) is 2. The summed E-state index contributed by atoms with van der Waals surface area (Å²) in [5, 5.41) is 3.61. The van der Waals surface area contributed by atoms with E-state index in [1.807, 2.05) is 18.2 Å². The van der Waals surface area contributed by atoms with Crippen LogP contribution in [0.4, 0.5) is 5.69 Å². The zero-order chi connectivity index (χ0) is 13.9. The van der Waals surface area contributed by atoms with E-state index in [9.17, 15) is 0 Å². The van der Waals surface area contributed by atoms with Crippen molar-refractivity contribution >= 4 is 5.69 Å². The molecule has 1 aliphatic carbocycles. The minimum absolute atomic E-state index is 0.502. The molecule has 1 saturated carbocycles. The van der Waals surface area contributed by atoms with Crippen LogP contribution >= 0.6 is 0 Å². The maximum atomic E-state index is 5.43. The predicted octanol–water partition coefficient (Wildman–Crippen LogP) is 4.08. The fourth-order valence-electron chi connectivity index (χ4n) is 2.68. The summed E-state index contributed by atoms with van der Waals surface area (Å²) in [5.74, 6) is 1.68. The van der Waals surface area contributed by atoms with Crippen LogP contribution in [-0.2, 0) is 0 Å². The number of rotatable bonds is 4. The van der Waals surface area contributed by atoms with Crippen LogP contribution in [0.1, 0.15) is 39.5 Å². The standard InChI is InChI=1S/C16H25NO2/c1-16(2)9-7-12(8-10-16)17-14-6-5-13(18-3)11-15(14)19-4/h5-6,11-12,17H,7-10H2,1-4H3. The van der Waals surface area contributed by atoms with Crippen molar-refractivity contribution in [2.24, 2.45) is 5.41 Å². The molecule has 0 atom stereocenters.